The zero-order valence-corrected chi connectivity index (χ0v) is 23.3. The van der Waals surface area contributed by atoms with E-state index in [1.165, 1.54) is 27.8 Å². The van der Waals surface area contributed by atoms with Crippen molar-refractivity contribution in [3.8, 4) is 0 Å². The standard InChI is InChI=1S/C34H42FN3/c1-5-7-8-13-26(3)18-19-37-20-22-38(23-21-37)34(6-2)36-25-28-24-32(31-16-11-12-17-33(31)35)30-15-10-9-14-29(30)27(28)4/h5-11,13-16,25,32H,3,12,17-24H2,1-2,4H3/b7-5-,13-8-,34-6-,36-25-. The maximum Gasteiger partial charge on any atom is 0.124 e. The minimum Gasteiger partial charge on any atom is -0.354 e. The van der Waals surface area contributed by atoms with E-state index in [1.54, 1.807) is 0 Å². The number of benzene rings is 1. The Kier molecular flexibility index (Phi) is 9.89. The summed E-state index contributed by atoms with van der Waals surface area (Å²) in [6, 6.07) is 8.46. The zero-order chi connectivity index (χ0) is 26.9. The molecule has 1 heterocycles. The number of piperazine rings is 1. The van der Waals surface area contributed by atoms with Gasteiger partial charge in [0.15, 0.2) is 0 Å². The molecule has 0 radical (unpaired) electrons. The molecule has 1 aliphatic heterocycles. The summed E-state index contributed by atoms with van der Waals surface area (Å²) in [4.78, 5) is 9.87. The van der Waals surface area contributed by atoms with Crippen LogP contribution in [0.1, 0.15) is 63.5 Å². The van der Waals surface area contributed by atoms with Gasteiger partial charge in [0.1, 0.15) is 11.6 Å². The van der Waals surface area contributed by atoms with Crippen molar-refractivity contribution in [1.29, 1.82) is 0 Å². The van der Waals surface area contributed by atoms with E-state index in [9.17, 15) is 4.39 Å². The van der Waals surface area contributed by atoms with Crippen LogP contribution in [0.5, 0.6) is 0 Å². The summed E-state index contributed by atoms with van der Waals surface area (Å²) < 4.78 is 14.9. The van der Waals surface area contributed by atoms with Crippen molar-refractivity contribution in [2.24, 2.45) is 4.99 Å². The number of allylic oxidation sites excluding steroid dienone is 11. The molecule has 3 nitrogen and oxygen atoms in total. The van der Waals surface area contributed by atoms with E-state index in [0.717, 1.165) is 63.4 Å². The van der Waals surface area contributed by atoms with Gasteiger partial charge in [-0.15, -0.1) is 0 Å². The lowest BCUT2D eigenvalue weighted by Crippen LogP contribution is -2.45. The quantitative estimate of drug-likeness (QED) is 0.246. The van der Waals surface area contributed by atoms with Crippen LogP contribution in [0.15, 0.2) is 107 Å². The molecule has 0 amide bonds. The van der Waals surface area contributed by atoms with Crippen LogP contribution in [0.25, 0.3) is 5.57 Å². The Hall–Kier alpha value is -3.24. The topological polar surface area (TPSA) is 18.8 Å². The minimum absolute atomic E-state index is 0.0348. The largest absolute Gasteiger partial charge is 0.354 e. The first-order valence-corrected chi connectivity index (χ1v) is 14.0. The SMILES string of the molecule is C=C(/C=C\C=C/C)CCN1CCN(C(=C\C)/N=C\C2=C(C)c3ccccc3C(C3=C(F)CCC=C3)C2)CC1. The smallest absolute Gasteiger partial charge is 0.124 e. The lowest BCUT2D eigenvalue weighted by atomic mass is 9.75. The Bertz CT molecular complexity index is 1220. The van der Waals surface area contributed by atoms with E-state index >= 15 is 0 Å². The molecule has 4 heteroatoms. The lowest BCUT2D eigenvalue weighted by molar-refractivity contribution is 0.159. The maximum atomic E-state index is 14.9. The fraction of sp³-hybridized carbons (Fsp3) is 0.382. The van der Waals surface area contributed by atoms with Crippen LogP contribution >= 0.6 is 0 Å². The normalized spacial score (nSPS) is 21.4. The summed E-state index contributed by atoms with van der Waals surface area (Å²) in [7, 11) is 0. The molecule has 0 saturated carbocycles. The van der Waals surface area contributed by atoms with E-state index in [-0.39, 0.29) is 11.7 Å². The molecule has 38 heavy (non-hydrogen) atoms. The Morgan fingerprint density at radius 1 is 1.13 bits per heavy atom. The van der Waals surface area contributed by atoms with Crippen LogP contribution in [0.2, 0.25) is 0 Å². The van der Waals surface area contributed by atoms with Gasteiger partial charge in [-0.2, -0.15) is 0 Å². The summed E-state index contributed by atoms with van der Waals surface area (Å²) in [5, 5.41) is 0. The Morgan fingerprint density at radius 2 is 1.92 bits per heavy atom. The van der Waals surface area contributed by atoms with Crippen molar-refractivity contribution >= 4 is 11.8 Å². The van der Waals surface area contributed by atoms with Gasteiger partial charge in [0, 0.05) is 51.3 Å². The van der Waals surface area contributed by atoms with Gasteiger partial charge in [-0.1, -0.05) is 72.9 Å². The van der Waals surface area contributed by atoms with Crippen LogP contribution in [0.3, 0.4) is 0 Å². The van der Waals surface area contributed by atoms with Crippen molar-refractivity contribution in [3.63, 3.8) is 0 Å². The van der Waals surface area contributed by atoms with Gasteiger partial charge in [0.2, 0.25) is 0 Å². The third-order valence-corrected chi connectivity index (χ3v) is 7.85. The van der Waals surface area contributed by atoms with E-state index in [4.69, 9.17) is 4.99 Å². The number of hydrogen-bond donors (Lipinski definition) is 0. The number of halogens is 1. The van der Waals surface area contributed by atoms with Gasteiger partial charge in [-0.25, -0.2) is 9.38 Å². The summed E-state index contributed by atoms with van der Waals surface area (Å²) in [6.45, 7) is 15.4. The molecule has 0 spiro atoms. The molecule has 1 atom stereocenters. The summed E-state index contributed by atoms with van der Waals surface area (Å²) in [5.41, 5.74) is 6.87. The molecule has 0 bridgehead atoms. The van der Waals surface area contributed by atoms with Crippen LogP contribution < -0.4 is 0 Å². The second-order valence-corrected chi connectivity index (χ2v) is 10.3. The van der Waals surface area contributed by atoms with Crippen LogP contribution in [0.4, 0.5) is 4.39 Å². The molecule has 0 N–H and O–H groups in total. The highest BCUT2D eigenvalue weighted by molar-refractivity contribution is 5.93. The molecular formula is C34H42FN3. The average Bonchev–Trinajstić information content (AvgIpc) is 2.94. The molecular weight excluding hydrogens is 469 g/mol. The molecule has 3 aliphatic rings. The summed E-state index contributed by atoms with van der Waals surface area (Å²) >= 11 is 0. The first-order chi connectivity index (χ1) is 18.5. The average molecular weight is 512 g/mol. The molecule has 0 aromatic heterocycles. The third kappa shape index (κ3) is 6.79. The number of nitrogens with zero attached hydrogens (tertiary/aromatic N) is 3. The molecule has 1 fully saturated rings. The van der Waals surface area contributed by atoms with Gasteiger partial charge in [-0.3, -0.25) is 4.90 Å². The maximum absolute atomic E-state index is 14.9. The molecule has 2 aliphatic carbocycles. The fourth-order valence-electron chi connectivity index (χ4n) is 5.56. The number of fused-ring (bicyclic) bond motifs is 1. The summed E-state index contributed by atoms with van der Waals surface area (Å²) in [5.74, 6) is 1.09. The molecule has 1 saturated heterocycles. The van der Waals surface area contributed by atoms with Gasteiger partial charge >= 0.3 is 0 Å². The summed E-state index contributed by atoms with van der Waals surface area (Å²) in [6.07, 6.45) is 19.5. The van der Waals surface area contributed by atoms with Crippen LogP contribution in [-0.2, 0) is 0 Å². The van der Waals surface area contributed by atoms with E-state index in [1.807, 2.05) is 31.4 Å². The number of rotatable bonds is 9. The van der Waals surface area contributed by atoms with Crippen molar-refractivity contribution < 1.29 is 4.39 Å². The van der Waals surface area contributed by atoms with E-state index < -0.39 is 0 Å². The first-order valence-electron chi connectivity index (χ1n) is 14.0. The van der Waals surface area contributed by atoms with Crippen molar-refractivity contribution in [3.05, 3.63) is 113 Å². The molecule has 4 rings (SSSR count). The lowest BCUT2D eigenvalue weighted by Gasteiger charge is -2.36. The molecule has 200 valence electrons. The Morgan fingerprint density at radius 3 is 2.66 bits per heavy atom. The van der Waals surface area contributed by atoms with Gasteiger partial charge in [0.25, 0.3) is 0 Å². The highest BCUT2D eigenvalue weighted by Gasteiger charge is 2.28. The van der Waals surface area contributed by atoms with Crippen LogP contribution in [0, 0.1) is 0 Å². The second kappa shape index (κ2) is 13.5. The van der Waals surface area contributed by atoms with Gasteiger partial charge in [-0.05, 0) is 74.0 Å². The Balaban J connectivity index is 1.42. The third-order valence-electron chi connectivity index (χ3n) is 7.85. The highest BCUT2D eigenvalue weighted by Crippen LogP contribution is 2.44. The van der Waals surface area contributed by atoms with Gasteiger partial charge in [0.05, 0.1) is 0 Å². The predicted octanol–water partition coefficient (Wildman–Crippen LogP) is 8.15. The molecule has 1 unspecified atom stereocenters. The number of hydrogen-bond acceptors (Lipinski definition) is 3. The van der Waals surface area contributed by atoms with E-state index in [0.29, 0.717) is 6.42 Å². The van der Waals surface area contributed by atoms with Gasteiger partial charge < -0.3 is 4.90 Å². The monoisotopic (exact) mass is 511 g/mol. The predicted molar refractivity (Wildman–Crippen MR) is 161 cm³/mol. The first kappa shape index (κ1) is 27.8. The minimum atomic E-state index is 0.0348. The molecule has 1 aromatic carbocycles. The molecule has 1 aromatic rings. The van der Waals surface area contributed by atoms with E-state index in [2.05, 4.69) is 78.8 Å². The van der Waals surface area contributed by atoms with Crippen molar-refractivity contribution in [1.82, 2.24) is 9.80 Å². The Labute approximate surface area is 228 Å². The van der Waals surface area contributed by atoms with Crippen molar-refractivity contribution in [2.45, 2.75) is 52.4 Å². The highest BCUT2D eigenvalue weighted by atomic mass is 19.1. The van der Waals surface area contributed by atoms with Crippen LogP contribution in [-0.4, -0.2) is 48.7 Å². The fourth-order valence-corrected chi connectivity index (χ4v) is 5.56. The second-order valence-electron chi connectivity index (χ2n) is 10.3. The van der Waals surface area contributed by atoms with Crippen molar-refractivity contribution in [2.75, 3.05) is 32.7 Å². The zero-order valence-electron chi connectivity index (χ0n) is 23.3. The number of aliphatic imine (C=N–C) groups is 1.